The summed E-state index contributed by atoms with van der Waals surface area (Å²) in [6, 6.07) is 10.5. The fourth-order valence-corrected chi connectivity index (χ4v) is 2.19. The number of aromatic nitrogens is 2. The van der Waals surface area contributed by atoms with Crippen molar-refractivity contribution in [3.63, 3.8) is 0 Å². The van der Waals surface area contributed by atoms with Crippen molar-refractivity contribution < 1.29 is 0 Å². The van der Waals surface area contributed by atoms with Gasteiger partial charge in [-0.05, 0) is 25.3 Å². The number of benzene rings is 1. The highest BCUT2D eigenvalue weighted by molar-refractivity contribution is 5.48. The van der Waals surface area contributed by atoms with E-state index in [-0.39, 0.29) is 0 Å². The third kappa shape index (κ3) is 4.45. The molecule has 112 valence electrons. The number of likely N-dealkylation sites (N-methyl/N-ethyl adjacent to an activating group) is 1. The maximum atomic E-state index is 4.63. The fraction of sp³-hybridized carbons (Fsp3) is 0.412. The Morgan fingerprint density at radius 1 is 1.19 bits per heavy atom. The molecule has 0 saturated heterocycles. The Hall–Kier alpha value is -2.10. The maximum Gasteiger partial charge on any atom is 0.224 e. The lowest BCUT2D eigenvalue weighted by atomic mass is 10.1. The van der Waals surface area contributed by atoms with Gasteiger partial charge in [-0.1, -0.05) is 37.3 Å². The zero-order valence-electron chi connectivity index (χ0n) is 13.1. The van der Waals surface area contributed by atoms with Crippen LogP contribution >= 0.6 is 0 Å². The molecule has 4 heteroatoms. The van der Waals surface area contributed by atoms with Crippen LogP contribution in [0, 0.1) is 6.92 Å². The third-order valence-electron chi connectivity index (χ3n) is 3.42. The van der Waals surface area contributed by atoms with Crippen LogP contribution in [0.5, 0.6) is 0 Å². The normalized spacial score (nSPS) is 10.4. The first-order valence-corrected chi connectivity index (χ1v) is 7.53. The highest BCUT2D eigenvalue weighted by Gasteiger charge is 2.08. The zero-order chi connectivity index (χ0) is 15.1. The van der Waals surface area contributed by atoms with E-state index in [4.69, 9.17) is 0 Å². The van der Waals surface area contributed by atoms with Crippen molar-refractivity contribution in [2.45, 2.75) is 26.7 Å². The molecule has 2 aromatic rings. The van der Waals surface area contributed by atoms with Crippen molar-refractivity contribution in [2.75, 3.05) is 30.4 Å². The van der Waals surface area contributed by atoms with E-state index < -0.39 is 0 Å². The number of hydrogen-bond donors (Lipinski definition) is 1. The van der Waals surface area contributed by atoms with Gasteiger partial charge in [0.2, 0.25) is 5.95 Å². The van der Waals surface area contributed by atoms with E-state index in [1.54, 1.807) is 0 Å². The molecule has 0 aliphatic heterocycles. The third-order valence-corrected chi connectivity index (χ3v) is 3.42. The highest BCUT2D eigenvalue weighted by Crippen LogP contribution is 2.17. The highest BCUT2D eigenvalue weighted by atomic mass is 15.2. The van der Waals surface area contributed by atoms with Gasteiger partial charge in [-0.3, -0.25) is 0 Å². The van der Waals surface area contributed by atoms with E-state index in [0.717, 1.165) is 37.3 Å². The van der Waals surface area contributed by atoms with Crippen molar-refractivity contribution in [2.24, 2.45) is 0 Å². The minimum Gasteiger partial charge on any atom is -0.359 e. The lowest BCUT2D eigenvalue weighted by Crippen LogP contribution is -2.23. The molecule has 0 radical (unpaired) electrons. The van der Waals surface area contributed by atoms with E-state index in [2.05, 4.69) is 65.3 Å². The summed E-state index contributed by atoms with van der Waals surface area (Å²) in [5, 5.41) is 3.24. The fourth-order valence-electron chi connectivity index (χ4n) is 2.19. The van der Waals surface area contributed by atoms with Crippen LogP contribution in [0.3, 0.4) is 0 Å². The van der Waals surface area contributed by atoms with Crippen molar-refractivity contribution in [1.29, 1.82) is 0 Å². The number of anilines is 2. The van der Waals surface area contributed by atoms with E-state index in [0.29, 0.717) is 5.95 Å². The van der Waals surface area contributed by atoms with Gasteiger partial charge in [0.25, 0.3) is 0 Å². The van der Waals surface area contributed by atoms with Crippen LogP contribution in [0.25, 0.3) is 0 Å². The Labute approximate surface area is 127 Å². The monoisotopic (exact) mass is 284 g/mol. The van der Waals surface area contributed by atoms with Gasteiger partial charge >= 0.3 is 0 Å². The van der Waals surface area contributed by atoms with Gasteiger partial charge in [0.15, 0.2) is 0 Å². The molecule has 21 heavy (non-hydrogen) atoms. The van der Waals surface area contributed by atoms with Crippen LogP contribution in [0.2, 0.25) is 0 Å². The number of rotatable bonds is 7. The molecule has 2 rings (SSSR count). The predicted octanol–water partition coefficient (Wildman–Crippen LogP) is 3.29. The van der Waals surface area contributed by atoms with Gasteiger partial charge < -0.3 is 10.2 Å². The molecule has 1 aromatic carbocycles. The largest absolute Gasteiger partial charge is 0.359 e. The van der Waals surface area contributed by atoms with Crippen LogP contribution in [0.15, 0.2) is 36.5 Å². The Balaban J connectivity index is 2.02. The molecule has 0 aliphatic rings. The van der Waals surface area contributed by atoms with Crippen molar-refractivity contribution in [1.82, 2.24) is 9.97 Å². The SMILES string of the molecule is CCCNc1ncc(C)c(N(C)CCc2ccccc2)n1. The maximum absolute atomic E-state index is 4.63. The first-order valence-electron chi connectivity index (χ1n) is 7.53. The summed E-state index contributed by atoms with van der Waals surface area (Å²) in [6.07, 6.45) is 3.97. The quantitative estimate of drug-likeness (QED) is 0.847. The number of nitrogens with one attached hydrogen (secondary N) is 1. The summed E-state index contributed by atoms with van der Waals surface area (Å²) in [6.45, 7) is 6.03. The van der Waals surface area contributed by atoms with Crippen molar-refractivity contribution >= 4 is 11.8 Å². The van der Waals surface area contributed by atoms with Gasteiger partial charge in [0.1, 0.15) is 5.82 Å². The van der Waals surface area contributed by atoms with E-state index >= 15 is 0 Å². The van der Waals surface area contributed by atoms with E-state index in [9.17, 15) is 0 Å². The molecule has 1 N–H and O–H groups in total. The van der Waals surface area contributed by atoms with Crippen LogP contribution in [-0.4, -0.2) is 30.1 Å². The molecular weight excluding hydrogens is 260 g/mol. The average Bonchev–Trinajstić information content (AvgIpc) is 2.53. The first-order chi connectivity index (χ1) is 10.2. The molecule has 1 heterocycles. The average molecular weight is 284 g/mol. The second-order valence-electron chi connectivity index (χ2n) is 5.28. The zero-order valence-corrected chi connectivity index (χ0v) is 13.1. The molecule has 0 unspecified atom stereocenters. The minimum atomic E-state index is 0.712. The van der Waals surface area contributed by atoms with Crippen molar-refractivity contribution in [3.8, 4) is 0 Å². The molecular formula is C17H24N4. The van der Waals surface area contributed by atoms with Crippen LogP contribution in [-0.2, 0) is 6.42 Å². The molecule has 0 saturated carbocycles. The lowest BCUT2D eigenvalue weighted by molar-refractivity contribution is 0.847. The Bertz CT molecular complexity index is 554. The molecule has 0 bridgehead atoms. The van der Waals surface area contributed by atoms with Crippen LogP contribution < -0.4 is 10.2 Å². The van der Waals surface area contributed by atoms with Gasteiger partial charge in [-0.25, -0.2) is 4.98 Å². The first kappa shape index (κ1) is 15.3. The molecule has 0 amide bonds. The lowest BCUT2D eigenvalue weighted by Gasteiger charge is -2.20. The van der Waals surface area contributed by atoms with Crippen LogP contribution in [0.4, 0.5) is 11.8 Å². The second-order valence-corrected chi connectivity index (χ2v) is 5.28. The molecule has 0 atom stereocenters. The smallest absolute Gasteiger partial charge is 0.224 e. The summed E-state index contributed by atoms with van der Waals surface area (Å²) in [7, 11) is 2.09. The molecule has 1 aromatic heterocycles. The second kappa shape index (κ2) is 7.62. The molecule has 4 nitrogen and oxygen atoms in total. The molecule has 0 aliphatic carbocycles. The Morgan fingerprint density at radius 3 is 2.67 bits per heavy atom. The summed E-state index contributed by atoms with van der Waals surface area (Å²) in [5.41, 5.74) is 2.45. The van der Waals surface area contributed by atoms with Crippen molar-refractivity contribution in [3.05, 3.63) is 47.7 Å². The standard InChI is InChI=1S/C17H24N4/c1-4-11-18-17-19-13-14(2)16(20-17)21(3)12-10-15-8-6-5-7-9-15/h5-9,13H,4,10-12H2,1-3H3,(H,18,19,20). The summed E-state index contributed by atoms with van der Waals surface area (Å²) >= 11 is 0. The van der Waals surface area contributed by atoms with Gasteiger partial charge in [0.05, 0.1) is 0 Å². The van der Waals surface area contributed by atoms with E-state index in [1.165, 1.54) is 5.56 Å². The summed E-state index contributed by atoms with van der Waals surface area (Å²) in [4.78, 5) is 11.1. The number of nitrogens with zero attached hydrogens (tertiary/aromatic N) is 3. The van der Waals surface area contributed by atoms with Gasteiger partial charge in [-0.15, -0.1) is 0 Å². The number of aryl methyl sites for hydroxylation is 1. The Morgan fingerprint density at radius 2 is 1.95 bits per heavy atom. The Kier molecular flexibility index (Phi) is 5.55. The summed E-state index contributed by atoms with van der Waals surface area (Å²) < 4.78 is 0. The van der Waals surface area contributed by atoms with E-state index in [1.807, 2.05) is 12.3 Å². The van der Waals surface area contributed by atoms with Gasteiger partial charge in [-0.2, -0.15) is 4.98 Å². The molecule has 0 spiro atoms. The summed E-state index contributed by atoms with van der Waals surface area (Å²) in [5.74, 6) is 1.71. The molecule has 0 fully saturated rings. The predicted molar refractivity (Wildman–Crippen MR) is 89.0 cm³/mol. The van der Waals surface area contributed by atoms with Crippen LogP contribution in [0.1, 0.15) is 24.5 Å². The number of hydrogen-bond acceptors (Lipinski definition) is 4. The van der Waals surface area contributed by atoms with Gasteiger partial charge in [0, 0.05) is 31.9 Å². The minimum absolute atomic E-state index is 0.712. The topological polar surface area (TPSA) is 41.1 Å².